The third-order valence-corrected chi connectivity index (χ3v) is 4.52. The van der Waals surface area contributed by atoms with Gasteiger partial charge in [-0.2, -0.15) is 0 Å². The second kappa shape index (κ2) is 6.96. The number of allylic oxidation sites excluding steroid dienone is 6. The van der Waals surface area contributed by atoms with Gasteiger partial charge in [0.05, 0.1) is 0 Å². The standard InChI is InChI=1S/C18H16.2C2H6/c1-11-3-5-13-8-10-16-12(2)4-6-14-7-9-15(11)17(13)18(14)16;2*1-2/h3-10,13,17H,1-2H3;2*1-2H3. The van der Waals surface area contributed by atoms with Crippen LogP contribution in [0.15, 0.2) is 47.6 Å². The molecule has 1 aromatic carbocycles. The van der Waals surface area contributed by atoms with Crippen molar-refractivity contribution in [3.8, 4) is 0 Å². The van der Waals surface area contributed by atoms with E-state index in [4.69, 9.17) is 0 Å². The van der Waals surface area contributed by atoms with Crippen molar-refractivity contribution in [3.05, 3.63) is 69.8 Å². The first kappa shape index (κ1) is 16.5. The van der Waals surface area contributed by atoms with Crippen molar-refractivity contribution in [1.82, 2.24) is 0 Å². The summed E-state index contributed by atoms with van der Waals surface area (Å²) in [5.74, 6) is 1.09. The molecule has 22 heavy (non-hydrogen) atoms. The van der Waals surface area contributed by atoms with Crippen LogP contribution < -0.4 is 0 Å². The Labute approximate surface area is 136 Å². The van der Waals surface area contributed by atoms with Crippen molar-refractivity contribution >= 4 is 12.2 Å². The van der Waals surface area contributed by atoms with Gasteiger partial charge >= 0.3 is 0 Å². The molecule has 0 amide bonds. The fourth-order valence-corrected chi connectivity index (χ4v) is 3.54. The predicted octanol–water partition coefficient (Wildman–Crippen LogP) is 6.69. The summed E-state index contributed by atoms with van der Waals surface area (Å²) in [6, 6.07) is 4.51. The van der Waals surface area contributed by atoms with Crippen LogP contribution >= 0.6 is 0 Å². The molecule has 2 atom stereocenters. The number of benzene rings is 1. The van der Waals surface area contributed by atoms with Crippen molar-refractivity contribution in [2.45, 2.75) is 47.5 Å². The monoisotopic (exact) mass is 292 g/mol. The van der Waals surface area contributed by atoms with E-state index < -0.39 is 0 Å². The number of hydrogen-bond acceptors (Lipinski definition) is 0. The number of rotatable bonds is 0. The van der Waals surface area contributed by atoms with E-state index in [9.17, 15) is 0 Å². The van der Waals surface area contributed by atoms with Gasteiger partial charge in [0.2, 0.25) is 0 Å². The summed E-state index contributed by atoms with van der Waals surface area (Å²) in [5.41, 5.74) is 8.71. The summed E-state index contributed by atoms with van der Waals surface area (Å²) >= 11 is 0. The molecule has 0 heteroatoms. The molecular formula is C22H28. The van der Waals surface area contributed by atoms with Gasteiger partial charge in [0, 0.05) is 11.8 Å². The van der Waals surface area contributed by atoms with Gasteiger partial charge in [0.15, 0.2) is 0 Å². The molecule has 1 aromatic rings. The van der Waals surface area contributed by atoms with Crippen LogP contribution in [0.25, 0.3) is 12.2 Å². The highest BCUT2D eigenvalue weighted by molar-refractivity contribution is 5.76. The van der Waals surface area contributed by atoms with Crippen LogP contribution in [0.1, 0.15) is 62.8 Å². The second-order valence-electron chi connectivity index (χ2n) is 5.54. The van der Waals surface area contributed by atoms with Crippen LogP contribution in [0.3, 0.4) is 0 Å². The van der Waals surface area contributed by atoms with Gasteiger partial charge < -0.3 is 0 Å². The Morgan fingerprint density at radius 2 is 1.45 bits per heavy atom. The van der Waals surface area contributed by atoms with Crippen molar-refractivity contribution in [3.63, 3.8) is 0 Å². The van der Waals surface area contributed by atoms with Gasteiger partial charge in [-0.25, -0.2) is 0 Å². The molecular weight excluding hydrogens is 264 g/mol. The van der Waals surface area contributed by atoms with Crippen molar-refractivity contribution in [1.29, 1.82) is 0 Å². The Morgan fingerprint density at radius 3 is 2.18 bits per heavy atom. The molecule has 0 heterocycles. The second-order valence-corrected chi connectivity index (χ2v) is 5.54. The van der Waals surface area contributed by atoms with E-state index in [1.165, 1.54) is 27.8 Å². The largest absolute Gasteiger partial charge is 0.0764 e. The Bertz CT molecular complexity index is 666. The van der Waals surface area contributed by atoms with Crippen LogP contribution in [-0.4, -0.2) is 0 Å². The Balaban J connectivity index is 0.000000410. The lowest BCUT2D eigenvalue weighted by molar-refractivity contribution is 0.657. The summed E-state index contributed by atoms with van der Waals surface area (Å²) in [5, 5.41) is 0. The fourth-order valence-electron chi connectivity index (χ4n) is 3.54. The van der Waals surface area contributed by atoms with E-state index in [0.717, 1.165) is 0 Å². The summed E-state index contributed by atoms with van der Waals surface area (Å²) in [4.78, 5) is 0. The average Bonchev–Trinajstić information content (AvgIpc) is 2.60. The summed E-state index contributed by atoms with van der Waals surface area (Å²) < 4.78 is 0. The fraction of sp³-hybridized carbons (Fsp3) is 0.364. The number of aryl methyl sites for hydroxylation is 1. The predicted molar refractivity (Wildman–Crippen MR) is 100 cm³/mol. The smallest absolute Gasteiger partial charge is 0.0202 e. The quantitative estimate of drug-likeness (QED) is 0.500. The Hall–Kier alpha value is -1.82. The summed E-state index contributed by atoms with van der Waals surface area (Å²) in [6.45, 7) is 12.4. The van der Waals surface area contributed by atoms with Gasteiger partial charge in [-0.3, -0.25) is 0 Å². The normalized spacial score (nSPS) is 22.3. The first-order valence-electron chi connectivity index (χ1n) is 8.64. The van der Waals surface area contributed by atoms with Crippen LogP contribution in [0.4, 0.5) is 0 Å². The SMILES string of the molecule is CC.CC.CC1=C2C=Cc3ccc(C)c4c3C2C(C=C1)C=C4. The van der Waals surface area contributed by atoms with Gasteiger partial charge in [0.25, 0.3) is 0 Å². The van der Waals surface area contributed by atoms with Gasteiger partial charge in [0.1, 0.15) is 0 Å². The van der Waals surface area contributed by atoms with E-state index in [2.05, 4.69) is 62.4 Å². The summed E-state index contributed by atoms with van der Waals surface area (Å²) in [6.07, 6.45) is 13.9. The molecule has 4 rings (SSSR count). The third kappa shape index (κ3) is 2.52. The number of hydrogen-bond donors (Lipinski definition) is 0. The molecule has 0 aliphatic heterocycles. The topological polar surface area (TPSA) is 0 Å². The van der Waals surface area contributed by atoms with Gasteiger partial charge in [-0.15, -0.1) is 0 Å². The molecule has 0 saturated heterocycles. The molecule has 3 aliphatic rings. The van der Waals surface area contributed by atoms with Crippen LogP contribution in [0.5, 0.6) is 0 Å². The minimum atomic E-state index is 0.543. The molecule has 0 spiro atoms. The van der Waals surface area contributed by atoms with Crippen LogP contribution in [0, 0.1) is 12.8 Å². The average molecular weight is 292 g/mol. The maximum absolute atomic E-state index is 2.37. The van der Waals surface area contributed by atoms with E-state index in [1.807, 2.05) is 27.7 Å². The van der Waals surface area contributed by atoms with Crippen molar-refractivity contribution in [2.75, 3.05) is 0 Å². The molecule has 0 bridgehead atoms. The minimum Gasteiger partial charge on any atom is -0.0764 e. The molecule has 0 fully saturated rings. The lowest BCUT2D eigenvalue weighted by Gasteiger charge is -2.36. The van der Waals surface area contributed by atoms with Crippen LogP contribution in [0.2, 0.25) is 0 Å². The zero-order valence-corrected chi connectivity index (χ0v) is 14.8. The molecule has 3 aliphatic carbocycles. The van der Waals surface area contributed by atoms with Gasteiger partial charge in [-0.05, 0) is 47.2 Å². The molecule has 0 radical (unpaired) electrons. The van der Waals surface area contributed by atoms with E-state index in [0.29, 0.717) is 11.8 Å². The summed E-state index contributed by atoms with van der Waals surface area (Å²) in [7, 11) is 0. The highest BCUT2D eigenvalue weighted by Gasteiger charge is 2.33. The molecule has 0 aromatic heterocycles. The maximum atomic E-state index is 2.37. The van der Waals surface area contributed by atoms with Crippen molar-refractivity contribution in [2.24, 2.45) is 5.92 Å². The molecule has 0 saturated carbocycles. The first-order chi connectivity index (χ1) is 10.8. The highest BCUT2D eigenvalue weighted by atomic mass is 14.4. The van der Waals surface area contributed by atoms with E-state index in [-0.39, 0.29) is 0 Å². The first-order valence-corrected chi connectivity index (χ1v) is 8.64. The van der Waals surface area contributed by atoms with Crippen LogP contribution in [-0.2, 0) is 0 Å². The highest BCUT2D eigenvalue weighted by Crippen LogP contribution is 2.48. The lowest BCUT2D eigenvalue weighted by Crippen LogP contribution is -2.22. The van der Waals surface area contributed by atoms with E-state index in [1.54, 1.807) is 5.56 Å². The van der Waals surface area contributed by atoms with E-state index >= 15 is 0 Å². The molecule has 0 N–H and O–H groups in total. The maximum Gasteiger partial charge on any atom is 0.0202 e. The Morgan fingerprint density at radius 1 is 0.773 bits per heavy atom. The zero-order valence-electron chi connectivity index (χ0n) is 14.8. The van der Waals surface area contributed by atoms with Crippen molar-refractivity contribution < 1.29 is 0 Å². The molecule has 0 nitrogen and oxygen atoms in total. The Kier molecular flexibility index (Phi) is 5.24. The zero-order chi connectivity index (χ0) is 16.3. The minimum absolute atomic E-state index is 0.543. The van der Waals surface area contributed by atoms with Gasteiger partial charge in [-0.1, -0.05) is 76.3 Å². The molecule has 116 valence electrons. The lowest BCUT2D eigenvalue weighted by atomic mass is 9.67. The third-order valence-electron chi connectivity index (χ3n) is 4.52. The molecule has 2 unspecified atom stereocenters.